The molecule has 4 heteroatoms. The van der Waals surface area contributed by atoms with Crippen molar-refractivity contribution >= 4 is 11.6 Å². The van der Waals surface area contributed by atoms with E-state index in [-0.39, 0.29) is 11.9 Å². The number of carbonyl (C=O) groups excluding carboxylic acids is 1. The highest BCUT2D eigenvalue weighted by Crippen LogP contribution is 2.17. The first-order valence-electron chi connectivity index (χ1n) is 5.48. The summed E-state index contributed by atoms with van der Waals surface area (Å²) < 4.78 is 5.09. The maximum atomic E-state index is 11.8. The average Bonchev–Trinajstić information content (AvgIpc) is 2.83. The molecule has 1 atom stereocenters. The third-order valence-electron chi connectivity index (χ3n) is 2.71. The van der Waals surface area contributed by atoms with Crippen molar-refractivity contribution in [3.8, 4) is 5.75 Å². The molecule has 16 heavy (non-hydrogen) atoms. The lowest BCUT2D eigenvalue weighted by atomic mass is 10.2. The van der Waals surface area contributed by atoms with Crippen LogP contribution in [0.3, 0.4) is 0 Å². The first-order valence-corrected chi connectivity index (χ1v) is 5.48. The summed E-state index contributed by atoms with van der Waals surface area (Å²) in [4.78, 5) is 11.8. The maximum Gasteiger partial charge on any atom is 0.241 e. The van der Waals surface area contributed by atoms with E-state index in [1.807, 2.05) is 24.3 Å². The highest BCUT2D eigenvalue weighted by molar-refractivity contribution is 5.95. The molecule has 1 amide bonds. The van der Waals surface area contributed by atoms with Crippen LogP contribution in [-0.4, -0.2) is 25.6 Å². The van der Waals surface area contributed by atoms with E-state index >= 15 is 0 Å². The molecule has 0 radical (unpaired) electrons. The molecule has 2 N–H and O–H groups in total. The maximum absolute atomic E-state index is 11.8. The molecule has 1 aliphatic rings. The fraction of sp³-hybridized carbons (Fsp3) is 0.417. The molecule has 1 fully saturated rings. The quantitative estimate of drug-likeness (QED) is 0.809. The SMILES string of the molecule is COc1cccc(NC(=O)[C@@H]2CCCN2)c1. The second-order valence-electron chi connectivity index (χ2n) is 3.87. The van der Waals surface area contributed by atoms with Gasteiger partial charge in [-0.05, 0) is 31.5 Å². The Morgan fingerprint density at radius 1 is 1.56 bits per heavy atom. The minimum Gasteiger partial charge on any atom is -0.497 e. The summed E-state index contributed by atoms with van der Waals surface area (Å²) >= 11 is 0. The molecule has 1 heterocycles. The summed E-state index contributed by atoms with van der Waals surface area (Å²) in [6.07, 6.45) is 1.98. The van der Waals surface area contributed by atoms with E-state index in [1.165, 1.54) is 0 Å². The van der Waals surface area contributed by atoms with Crippen LogP contribution in [0.2, 0.25) is 0 Å². The standard InChI is InChI=1S/C12H16N2O2/c1-16-10-5-2-4-9(8-10)14-12(15)11-6-3-7-13-11/h2,4-5,8,11,13H,3,6-7H2,1H3,(H,14,15)/t11-/m0/s1. The van der Waals surface area contributed by atoms with Gasteiger partial charge in [0.15, 0.2) is 0 Å². The molecule has 0 aliphatic carbocycles. The zero-order chi connectivity index (χ0) is 11.4. The predicted octanol–water partition coefficient (Wildman–Crippen LogP) is 1.39. The van der Waals surface area contributed by atoms with E-state index in [4.69, 9.17) is 4.74 Å². The number of ether oxygens (including phenoxy) is 1. The van der Waals surface area contributed by atoms with E-state index in [1.54, 1.807) is 7.11 Å². The number of methoxy groups -OCH3 is 1. The highest BCUT2D eigenvalue weighted by Gasteiger charge is 2.21. The smallest absolute Gasteiger partial charge is 0.241 e. The Balaban J connectivity index is 1.99. The molecular formula is C12H16N2O2. The van der Waals surface area contributed by atoms with Gasteiger partial charge in [0, 0.05) is 11.8 Å². The van der Waals surface area contributed by atoms with Gasteiger partial charge in [0.1, 0.15) is 5.75 Å². The number of nitrogens with one attached hydrogen (secondary N) is 2. The van der Waals surface area contributed by atoms with Gasteiger partial charge in [-0.15, -0.1) is 0 Å². The molecule has 1 saturated heterocycles. The van der Waals surface area contributed by atoms with Gasteiger partial charge < -0.3 is 15.4 Å². The van der Waals surface area contributed by atoms with E-state index in [0.29, 0.717) is 0 Å². The molecule has 1 aliphatic heterocycles. The number of hydrogen-bond acceptors (Lipinski definition) is 3. The molecule has 0 bridgehead atoms. The number of benzene rings is 1. The zero-order valence-corrected chi connectivity index (χ0v) is 9.32. The van der Waals surface area contributed by atoms with Crippen LogP contribution in [0.4, 0.5) is 5.69 Å². The van der Waals surface area contributed by atoms with Crippen LogP contribution in [0.5, 0.6) is 5.75 Å². The average molecular weight is 220 g/mol. The Labute approximate surface area is 95.0 Å². The van der Waals surface area contributed by atoms with Crippen LogP contribution in [0.25, 0.3) is 0 Å². The van der Waals surface area contributed by atoms with Crippen LogP contribution >= 0.6 is 0 Å². The van der Waals surface area contributed by atoms with Crippen molar-refractivity contribution in [2.75, 3.05) is 19.0 Å². The van der Waals surface area contributed by atoms with E-state index in [2.05, 4.69) is 10.6 Å². The Kier molecular flexibility index (Phi) is 3.41. The minimum atomic E-state index is -0.0498. The van der Waals surface area contributed by atoms with Crippen molar-refractivity contribution in [1.29, 1.82) is 0 Å². The van der Waals surface area contributed by atoms with Crippen LogP contribution in [0.15, 0.2) is 24.3 Å². The summed E-state index contributed by atoms with van der Waals surface area (Å²) in [5.74, 6) is 0.780. The van der Waals surface area contributed by atoms with Gasteiger partial charge in [0.25, 0.3) is 0 Å². The molecule has 1 aromatic carbocycles. The Morgan fingerprint density at radius 2 is 2.44 bits per heavy atom. The second-order valence-corrected chi connectivity index (χ2v) is 3.87. The van der Waals surface area contributed by atoms with Crippen molar-refractivity contribution in [2.45, 2.75) is 18.9 Å². The van der Waals surface area contributed by atoms with Crippen molar-refractivity contribution in [1.82, 2.24) is 5.32 Å². The molecular weight excluding hydrogens is 204 g/mol. The van der Waals surface area contributed by atoms with E-state index in [9.17, 15) is 4.79 Å². The third-order valence-corrected chi connectivity index (χ3v) is 2.71. The van der Waals surface area contributed by atoms with E-state index in [0.717, 1.165) is 30.8 Å². The number of amides is 1. The van der Waals surface area contributed by atoms with Crippen molar-refractivity contribution in [3.63, 3.8) is 0 Å². The zero-order valence-electron chi connectivity index (χ0n) is 9.32. The van der Waals surface area contributed by atoms with Crippen LogP contribution in [0, 0.1) is 0 Å². The third kappa shape index (κ3) is 2.52. The molecule has 0 saturated carbocycles. The summed E-state index contributed by atoms with van der Waals surface area (Å²) in [7, 11) is 1.61. The first-order chi connectivity index (χ1) is 7.79. The molecule has 1 aromatic rings. The highest BCUT2D eigenvalue weighted by atomic mass is 16.5. The van der Waals surface area contributed by atoms with Gasteiger partial charge >= 0.3 is 0 Å². The lowest BCUT2D eigenvalue weighted by Gasteiger charge is -2.11. The molecule has 86 valence electrons. The Hall–Kier alpha value is -1.55. The summed E-state index contributed by atoms with van der Waals surface area (Å²) in [5.41, 5.74) is 0.776. The minimum absolute atomic E-state index is 0.0331. The number of anilines is 1. The van der Waals surface area contributed by atoms with Crippen LogP contribution < -0.4 is 15.4 Å². The van der Waals surface area contributed by atoms with E-state index < -0.39 is 0 Å². The van der Waals surface area contributed by atoms with Crippen molar-refractivity contribution in [3.05, 3.63) is 24.3 Å². The first kappa shape index (κ1) is 11.0. The van der Waals surface area contributed by atoms with Gasteiger partial charge in [-0.2, -0.15) is 0 Å². The molecule has 4 nitrogen and oxygen atoms in total. The molecule has 2 rings (SSSR count). The Morgan fingerprint density at radius 3 is 3.12 bits per heavy atom. The lowest BCUT2D eigenvalue weighted by Crippen LogP contribution is -2.35. The summed E-state index contributed by atoms with van der Waals surface area (Å²) in [6, 6.07) is 7.33. The fourth-order valence-corrected chi connectivity index (χ4v) is 1.84. The largest absolute Gasteiger partial charge is 0.497 e. The van der Waals surface area contributed by atoms with Gasteiger partial charge in [-0.1, -0.05) is 6.07 Å². The fourth-order valence-electron chi connectivity index (χ4n) is 1.84. The molecule has 0 aromatic heterocycles. The predicted molar refractivity (Wildman–Crippen MR) is 62.6 cm³/mol. The van der Waals surface area contributed by atoms with Crippen LogP contribution in [-0.2, 0) is 4.79 Å². The molecule has 0 spiro atoms. The van der Waals surface area contributed by atoms with Gasteiger partial charge in [-0.3, -0.25) is 4.79 Å². The van der Waals surface area contributed by atoms with Gasteiger partial charge in [-0.25, -0.2) is 0 Å². The number of rotatable bonds is 3. The Bertz CT molecular complexity index is 373. The van der Waals surface area contributed by atoms with Gasteiger partial charge in [0.05, 0.1) is 13.2 Å². The number of carbonyl (C=O) groups is 1. The van der Waals surface area contributed by atoms with Crippen molar-refractivity contribution in [2.24, 2.45) is 0 Å². The monoisotopic (exact) mass is 220 g/mol. The summed E-state index contributed by atoms with van der Waals surface area (Å²) in [5, 5.41) is 6.04. The van der Waals surface area contributed by atoms with Crippen LogP contribution in [0.1, 0.15) is 12.8 Å². The topological polar surface area (TPSA) is 50.4 Å². The number of hydrogen-bond donors (Lipinski definition) is 2. The van der Waals surface area contributed by atoms with Gasteiger partial charge in [0.2, 0.25) is 5.91 Å². The second kappa shape index (κ2) is 4.99. The van der Waals surface area contributed by atoms with Crippen molar-refractivity contribution < 1.29 is 9.53 Å². The normalized spacial score (nSPS) is 19.4. The molecule has 0 unspecified atom stereocenters. The summed E-state index contributed by atoms with van der Waals surface area (Å²) in [6.45, 7) is 0.927. The lowest BCUT2D eigenvalue weighted by molar-refractivity contribution is -0.117.